The fourth-order valence-corrected chi connectivity index (χ4v) is 1.75. The van der Waals surface area contributed by atoms with Crippen LogP contribution in [0.1, 0.15) is 28.6 Å². The van der Waals surface area contributed by atoms with Crippen molar-refractivity contribution < 1.29 is 5.11 Å². The number of aryl methyl sites for hydroxylation is 2. The summed E-state index contributed by atoms with van der Waals surface area (Å²) in [5, 5.41) is 10.0. The summed E-state index contributed by atoms with van der Waals surface area (Å²) in [5.41, 5.74) is 3.17. The van der Waals surface area contributed by atoms with Crippen LogP contribution in [-0.4, -0.2) is 15.1 Å². The van der Waals surface area contributed by atoms with Gasteiger partial charge >= 0.3 is 0 Å². The average molecular weight is 202 g/mol. The summed E-state index contributed by atoms with van der Waals surface area (Å²) < 4.78 is 0. The van der Waals surface area contributed by atoms with Crippen molar-refractivity contribution in [2.45, 2.75) is 20.0 Å². The van der Waals surface area contributed by atoms with E-state index in [4.69, 9.17) is 0 Å². The van der Waals surface area contributed by atoms with Crippen LogP contribution in [0.4, 0.5) is 0 Å². The van der Waals surface area contributed by atoms with E-state index in [1.165, 1.54) is 0 Å². The van der Waals surface area contributed by atoms with Gasteiger partial charge in [-0.15, -0.1) is 0 Å². The highest BCUT2D eigenvalue weighted by atomic mass is 16.3. The Morgan fingerprint density at radius 1 is 1.20 bits per heavy atom. The summed E-state index contributed by atoms with van der Waals surface area (Å²) >= 11 is 0. The molecule has 0 amide bonds. The molecule has 0 radical (unpaired) electrons. The molecule has 15 heavy (non-hydrogen) atoms. The van der Waals surface area contributed by atoms with Crippen molar-refractivity contribution >= 4 is 0 Å². The lowest BCUT2D eigenvalue weighted by Gasteiger charge is -2.10. The van der Waals surface area contributed by atoms with Gasteiger partial charge in [0.1, 0.15) is 11.9 Å². The highest BCUT2D eigenvalue weighted by molar-refractivity contribution is 5.32. The molecular weight excluding hydrogens is 188 g/mol. The van der Waals surface area contributed by atoms with Gasteiger partial charge in [0.15, 0.2) is 0 Å². The number of rotatable bonds is 2. The lowest BCUT2D eigenvalue weighted by Crippen LogP contribution is -2.02. The van der Waals surface area contributed by atoms with Crippen LogP contribution < -0.4 is 0 Å². The molecule has 0 bridgehead atoms. The largest absolute Gasteiger partial charge is 0.380 e. The van der Waals surface area contributed by atoms with E-state index in [0.29, 0.717) is 5.82 Å². The number of hydrogen-bond acceptors (Lipinski definition) is 2. The van der Waals surface area contributed by atoms with Gasteiger partial charge in [0.2, 0.25) is 0 Å². The fourth-order valence-electron chi connectivity index (χ4n) is 1.75. The summed E-state index contributed by atoms with van der Waals surface area (Å²) in [5.74, 6) is 0.583. The van der Waals surface area contributed by atoms with Crippen LogP contribution in [0.2, 0.25) is 0 Å². The molecule has 1 heterocycles. The summed E-state index contributed by atoms with van der Waals surface area (Å²) in [7, 11) is 0. The van der Waals surface area contributed by atoms with Crippen LogP contribution in [0, 0.1) is 13.8 Å². The second kappa shape index (κ2) is 3.87. The third-order valence-corrected chi connectivity index (χ3v) is 2.34. The first-order valence-corrected chi connectivity index (χ1v) is 4.92. The number of benzene rings is 1. The van der Waals surface area contributed by atoms with Crippen molar-refractivity contribution in [2.75, 3.05) is 0 Å². The van der Waals surface area contributed by atoms with Crippen LogP contribution in [0.5, 0.6) is 0 Å². The monoisotopic (exact) mass is 202 g/mol. The molecule has 0 saturated heterocycles. The number of aliphatic hydroxyl groups is 1. The zero-order valence-electron chi connectivity index (χ0n) is 8.86. The van der Waals surface area contributed by atoms with Crippen LogP contribution in [-0.2, 0) is 0 Å². The molecular formula is C12H14N2O. The predicted octanol–water partition coefficient (Wildman–Crippen LogP) is 2.11. The normalized spacial score (nSPS) is 12.7. The molecule has 78 valence electrons. The predicted molar refractivity (Wildman–Crippen MR) is 58.6 cm³/mol. The molecule has 1 atom stereocenters. The first kappa shape index (κ1) is 9.93. The van der Waals surface area contributed by atoms with Gasteiger partial charge in [0.05, 0.1) is 0 Å². The molecule has 3 nitrogen and oxygen atoms in total. The highest BCUT2D eigenvalue weighted by Gasteiger charge is 2.12. The van der Waals surface area contributed by atoms with Gasteiger partial charge in [0, 0.05) is 12.4 Å². The quantitative estimate of drug-likeness (QED) is 0.783. The van der Waals surface area contributed by atoms with Crippen LogP contribution in [0.25, 0.3) is 0 Å². The van der Waals surface area contributed by atoms with Gasteiger partial charge < -0.3 is 10.1 Å². The number of H-pyrrole nitrogens is 1. The molecule has 1 unspecified atom stereocenters. The lowest BCUT2D eigenvalue weighted by atomic mass is 10.0. The third-order valence-electron chi connectivity index (χ3n) is 2.34. The molecule has 0 aliphatic rings. The Kier molecular flexibility index (Phi) is 2.56. The molecule has 0 spiro atoms. The molecule has 2 rings (SSSR count). The third kappa shape index (κ3) is 2.07. The molecule has 3 heteroatoms. The smallest absolute Gasteiger partial charge is 0.139 e. The fraction of sp³-hybridized carbons (Fsp3) is 0.250. The Morgan fingerprint density at radius 2 is 1.87 bits per heavy atom. The number of nitrogens with zero attached hydrogens (tertiary/aromatic N) is 1. The number of hydrogen-bond donors (Lipinski definition) is 2. The number of nitrogens with one attached hydrogen (secondary N) is 1. The standard InChI is InChI=1S/C12H14N2O/c1-8-5-9(2)7-10(6-8)11(15)12-13-3-4-14-12/h3-7,11,15H,1-2H3,(H,13,14). The van der Waals surface area contributed by atoms with E-state index >= 15 is 0 Å². The van der Waals surface area contributed by atoms with E-state index in [2.05, 4.69) is 16.0 Å². The van der Waals surface area contributed by atoms with E-state index in [9.17, 15) is 5.11 Å². The van der Waals surface area contributed by atoms with E-state index in [1.807, 2.05) is 26.0 Å². The van der Waals surface area contributed by atoms with Crippen molar-refractivity contribution in [1.82, 2.24) is 9.97 Å². The molecule has 0 aliphatic carbocycles. The molecule has 2 N–H and O–H groups in total. The molecule has 0 saturated carbocycles. The van der Waals surface area contributed by atoms with Gasteiger partial charge in [-0.3, -0.25) is 0 Å². The maximum Gasteiger partial charge on any atom is 0.139 e. The van der Waals surface area contributed by atoms with Gasteiger partial charge in [-0.2, -0.15) is 0 Å². The van der Waals surface area contributed by atoms with Crippen molar-refractivity contribution in [3.05, 3.63) is 53.1 Å². The molecule has 0 aliphatic heterocycles. The average Bonchev–Trinajstić information content (AvgIpc) is 2.67. The van der Waals surface area contributed by atoms with E-state index < -0.39 is 6.10 Å². The summed E-state index contributed by atoms with van der Waals surface area (Å²) in [4.78, 5) is 6.96. The maximum atomic E-state index is 10.0. The van der Waals surface area contributed by atoms with E-state index in [0.717, 1.165) is 16.7 Å². The minimum absolute atomic E-state index is 0.583. The van der Waals surface area contributed by atoms with Crippen LogP contribution in [0.15, 0.2) is 30.6 Å². The van der Waals surface area contributed by atoms with Crippen LogP contribution in [0.3, 0.4) is 0 Å². The topological polar surface area (TPSA) is 48.9 Å². The first-order chi connectivity index (χ1) is 7.16. The Hall–Kier alpha value is -1.61. The molecule has 0 fully saturated rings. The molecule has 1 aromatic heterocycles. The number of aromatic nitrogens is 2. The second-order valence-electron chi connectivity index (χ2n) is 3.80. The summed E-state index contributed by atoms with van der Waals surface area (Å²) in [6.07, 6.45) is 2.68. The molecule has 1 aromatic carbocycles. The second-order valence-corrected chi connectivity index (χ2v) is 3.80. The van der Waals surface area contributed by atoms with Crippen molar-refractivity contribution in [3.8, 4) is 0 Å². The van der Waals surface area contributed by atoms with Gasteiger partial charge in [0.25, 0.3) is 0 Å². The van der Waals surface area contributed by atoms with Crippen molar-refractivity contribution in [1.29, 1.82) is 0 Å². The Bertz CT molecular complexity index is 428. The van der Waals surface area contributed by atoms with Crippen molar-refractivity contribution in [3.63, 3.8) is 0 Å². The number of imidazole rings is 1. The van der Waals surface area contributed by atoms with Crippen molar-refractivity contribution in [2.24, 2.45) is 0 Å². The SMILES string of the molecule is Cc1cc(C)cc(C(O)c2ncc[nH]2)c1. The minimum atomic E-state index is -0.668. The Balaban J connectivity index is 2.37. The zero-order valence-corrected chi connectivity index (χ0v) is 8.86. The van der Waals surface area contributed by atoms with Gasteiger partial charge in [-0.1, -0.05) is 29.3 Å². The molecule has 2 aromatic rings. The zero-order chi connectivity index (χ0) is 10.8. The highest BCUT2D eigenvalue weighted by Crippen LogP contribution is 2.20. The minimum Gasteiger partial charge on any atom is -0.380 e. The maximum absolute atomic E-state index is 10.0. The van der Waals surface area contributed by atoms with Gasteiger partial charge in [-0.25, -0.2) is 4.98 Å². The van der Waals surface area contributed by atoms with E-state index in [1.54, 1.807) is 12.4 Å². The number of aromatic amines is 1. The lowest BCUT2D eigenvalue weighted by molar-refractivity contribution is 0.211. The summed E-state index contributed by atoms with van der Waals surface area (Å²) in [6.45, 7) is 4.04. The van der Waals surface area contributed by atoms with E-state index in [-0.39, 0.29) is 0 Å². The van der Waals surface area contributed by atoms with Crippen LogP contribution >= 0.6 is 0 Å². The first-order valence-electron chi connectivity index (χ1n) is 4.92. The summed E-state index contributed by atoms with van der Waals surface area (Å²) in [6, 6.07) is 6.03. The Morgan fingerprint density at radius 3 is 2.40 bits per heavy atom. The van der Waals surface area contributed by atoms with Gasteiger partial charge in [-0.05, 0) is 19.4 Å². The number of aliphatic hydroxyl groups excluding tert-OH is 1. The Labute approximate surface area is 88.8 Å².